The molecule has 0 saturated heterocycles. The minimum Gasteiger partial charge on any atom is -0.467 e. The van der Waals surface area contributed by atoms with Crippen molar-refractivity contribution in [2.45, 2.75) is 19.0 Å². The molecule has 1 atom stereocenters. The van der Waals surface area contributed by atoms with Crippen LogP contribution in [0.4, 0.5) is 5.95 Å². The van der Waals surface area contributed by atoms with Gasteiger partial charge >= 0.3 is 0 Å². The van der Waals surface area contributed by atoms with Crippen LogP contribution in [0.2, 0.25) is 5.02 Å². The van der Waals surface area contributed by atoms with Crippen LogP contribution in [0.5, 0.6) is 0 Å². The molecule has 0 fully saturated rings. The smallest absolute Gasteiger partial charge is 0.263 e. The van der Waals surface area contributed by atoms with Crippen molar-refractivity contribution in [2.24, 2.45) is 5.10 Å². The molecular weight excluding hydrogens is 442 g/mol. The van der Waals surface area contributed by atoms with Gasteiger partial charge in [0.1, 0.15) is 18.3 Å². The van der Waals surface area contributed by atoms with Crippen LogP contribution in [-0.2, 0) is 11.3 Å². The molecule has 1 aliphatic heterocycles. The van der Waals surface area contributed by atoms with Gasteiger partial charge in [-0.25, -0.2) is 9.99 Å². The summed E-state index contributed by atoms with van der Waals surface area (Å²) in [6, 6.07) is 18.3. The number of nitrogens with zero attached hydrogens (tertiary/aromatic N) is 4. The monoisotopic (exact) mass is 463 g/mol. The third kappa shape index (κ3) is 4.22. The fraction of sp³-hybridized carbons (Fsp3) is 0.208. The van der Waals surface area contributed by atoms with Crippen LogP contribution < -0.4 is 5.32 Å². The molecule has 0 radical (unpaired) electrons. The fourth-order valence-corrected chi connectivity index (χ4v) is 4.13. The summed E-state index contributed by atoms with van der Waals surface area (Å²) in [7, 11) is 0. The number of benzene rings is 2. The maximum atomic E-state index is 13.5. The molecule has 2 N–H and O–H groups in total. The number of imidazole rings is 1. The zero-order valence-electron chi connectivity index (χ0n) is 17.7. The molecule has 0 saturated carbocycles. The molecule has 0 unspecified atom stereocenters. The van der Waals surface area contributed by atoms with Crippen molar-refractivity contribution < 1.29 is 14.3 Å². The normalized spacial score (nSPS) is 15.8. The Morgan fingerprint density at radius 1 is 1.15 bits per heavy atom. The number of nitrogens with one attached hydrogen (secondary N) is 1. The Hall–Kier alpha value is -3.62. The first-order valence-electron chi connectivity index (χ1n) is 10.6. The maximum Gasteiger partial charge on any atom is 0.263 e. The number of hydrazone groups is 1. The van der Waals surface area contributed by atoms with Gasteiger partial charge in [0.15, 0.2) is 0 Å². The lowest BCUT2D eigenvalue weighted by atomic mass is 10.0. The first-order valence-corrected chi connectivity index (χ1v) is 11.0. The highest BCUT2D eigenvalue weighted by Gasteiger charge is 2.35. The Morgan fingerprint density at radius 2 is 1.97 bits per heavy atom. The number of hydrogen-bond acceptors (Lipinski definition) is 6. The number of amides is 1. The maximum absolute atomic E-state index is 13.5. The number of para-hydroxylation sites is 2. The predicted molar refractivity (Wildman–Crippen MR) is 126 cm³/mol. The number of hydrogen-bond donors (Lipinski definition) is 2. The molecule has 4 aromatic rings. The average molecular weight is 464 g/mol. The molecule has 2 aromatic carbocycles. The Labute approximate surface area is 195 Å². The summed E-state index contributed by atoms with van der Waals surface area (Å²) in [6.07, 6.45) is 2.12. The Morgan fingerprint density at radius 3 is 2.73 bits per heavy atom. The van der Waals surface area contributed by atoms with Crippen molar-refractivity contribution in [3.63, 3.8) is 0 Å². The Kier molecular flexibility index (Phi) is 5.85. The van der Waals surface area contributed by atoms with Crippen LogP contribution in [-0.4, -0.2) is 44.4 Å². The number of halogens is 1. The van der Waals surface area contributed by atoms with Crippen LogP contribution >= 0.6 is 11.6 Å². The van der Waals surface area contributed by atoms with Gasteiger partial charge in [-0.2, -0.15) is 5.10 Å². The predicted octanol–water partition coefficient (Wildman–Crippen LogP) is 4.06. The molecule has 1 amide bonds. The number of aliphatic hydroxyl groups excluding tert-OH is 1. The SMILES string of the molecule is O=C(Cn1c(NCCO)nc2ccccc21)N1N=C(c2ccc(Cl)cc2)C[C@@H]1c1ccco1. The van der Waals surface area contributed by atoms with Crippen molar-refractivity contribution in [3.8, 4) is 0 Å². The van der Waals surface area contributed by atoms with Crippen molar-refractivity contribution in [1.82, 2.24) is 14.6 Å². The second kappa shape index (κ2) is 9.09. The lowest BCUT2D eigenvalue weighted by Gasteiger charge is -2.21. The van der Waals surface area contributed by atoms with Crippen molar-refractivity contribution in [3.05, 3.63) is 83.3 Å². The van der Waals surface area contributed by atoms with Gasteiger partial charge in [-0.1, -0.05) is 35.9 Å². The van der Waals surface area contributed by atoms with E-state index in [0.29, 0.717) is 29.7 Å². The summed E-state index contributed by atoms with van der Waals surface area (Å²) in [5, 5.41) is 19.1. The molecule has 3 heterocycles. The molecule has 168 valence electrons. The van der Waals surface area contributed by atoms with Crippen LogP contribution in [0.3, 0.4) is 0 Å². The first kappa shape index (κ1) is 21.2. The number of carbonyl (C=O) groups excluding carboxylic acids is 1. The van der Waals surface area contributed by atoms with Gasteiger partial charge in [0.05, 0.1) is 29.6 Å². The van der Waals surface area contributed by atoms with E-state index in [-0.39, 0.29) is 25.1 Å². The lowest BCUT2D eigenvalue weighted by molar-refractivity contribution is -0.133. The minimum atomic E-state index is -0.346. The van der Waals surface area contributed by atoms with E-state index in [9.17, 15) is 9.90 Å². The minimum absolute atomic E-state index is 0.0306. The van der Waals surface area contributed by atoms with Crippen molar-refractivity contribution >= 4 is 40.2 Å². The molecule has 0 spiro atoms. The summed E-state index contributed by atoms with van der Waals surface area (Å²) in [4.78, 5) is 18.1. The van der Waals surface area contributed by atoms with Crippen LogP contribution in [0.1, 0.15) is 23.8 Å². The molecule has 33 heavy (non-hydrogen) atoms. The average Bonchev–Trinajstić information content (AvgIpc) is 3.57. The van der Waals surface area contributed by atoms with E-state index < -0.39 is 0 Å². The van der Waals surface area contributed by atoms with Gasteiger partial charge in [0.2, 0.25) is 5.95 Å². The van der Waals surface area contributed by atoms with Crippen LogP contribution in [0.15, 0.2) is 76.4 Å². The number of furan rings is 1. The zero-order chi connectivity index (χ0) is 22.8. The molecular formula is C24H22ClN5O3. The second-order valence-electron chi connectivity index (χ2n) is 7.69. The van der Waals surface area contributed by atoms with Crippen molar-refractivity contribution in [1.29, 1.82) is 0 Å². The summed E-state index contributed by atoms with van der Waals surface area (Å²) in [5.41, 5.74) is 3.28. The molecule has 1 aliphatic rings. The first-order chi connectivity index (χ1) is 16.1. The standard InChI is InChI=1S/C24H22ClN5O3/c25-17-9-7-16(8-10-17)19-14-21(22-6-3-13-33-22)30(28-19)23(32)15-29-20-5-2-1-4-18(20)27-24(29)26-11-12-31/h1-10,13,21,31H,11-12,14-15H2,(H,26,27)/t21-/m1/s1. The molecule has 2 aromatic heterocycles. The van der Waals surface area contributed by atoms with Gasteiger partial charge in [-0.15, -0.1) is 0 Å². The van der Waals surface area contributed by atoms with E-state index in [2.05, 4.69) is 15.4 Å². The molecule has 5 rings (SSSR count). The molecule has 9 heteroatoms. The van der Waals surface area contributed by atoms with Gasteiger partial charge in [-0.3, -0.25) is 4.79 Å². The highest BCUT2D eigenvalue weighted by atomic mass is 35.5. The van der Waals surface area contributed by atoms with E-state index >= 15 is 0 Å². The van der Waals surface area contributed by atoms with E-state index in [4.69, 9.17) is 16.0 Å². The lowest BCUT2D eigenvalue weighted by Crippen LogP contribution is -2.30. The van der Waals surface area contributed by atoms with Gasteiger partial charge in [-0.05, 0) is 42.0 Å². The third-order valence-corrected chi connectivity index (χ3v) is 5.81. The third-order valence-electron chi connectivity index (χ3n) is 5.56. The quantitative estimate of drug-likeness (QED) is 0.431. The number of carbonyl (C=O) groups is 1. The molecule has 8 nitrogen and oxygen atoms in total. The Bertz CT molecular complexity index is 1300. The van der Waals surface area contributed by atoms with E-state index in [1.807, 2.05) is 59.2 Å². The molecule has 0 bridgehead atoms. The van der Waals surface area contributed by atoms with E-state index in [0.717, 1.165) is 22.3 Å². The number of rotatable bonds is 7. The second-order valence-corrected chi connectivity index (χ2v) is 8.12. The number of anilines is 1. The highest BCUT2D eigenvalue weighted by Crippen LogP contribution is 2.34. The largest absolute Gasteiger partial charge is 0.467 e. The van der Waals surface area contributed by atoms with Crippen LogP contribution in [0, 0.1) is 0 Å². The zero-order valence-corrected chi connectivity index (χ0v) is 18.4. The summed E-state index contributed by atoms with van der Waals surface area (Å²) in [5.74, 6) is 0.995. The highest BCUT2D eigenvalue weighted by molar-refractivity contribution is 6.30. The van der Waals surface area contributed by atoms with E-state index in [1.54, 1.807) is 12.3 Å². The summed E-state index contributed by atoms with van der Waals surface area (Å²) in [6.45, 7) is 0.316. The topological polar surface area (TPSA) is 95.9 Å². The van der Waals surface area contributed by atoms with Gasteiger partial charge < -0.3 is 19.4 Å². The summed E-state index contributed by atoms with van der Waals surface area (Å²) >= 11 is 6.04. The fourth-order valence-electron chi connectivity index (χ4n) is 4.01. The molecule has 0 aliphatic carbocycles. The van der Waals surface area contributed by atoms with E-state index in [1.165, 1.54) is 5.01 Å². The Balaban J connectivity index is 1.48. The van der Waals surface area contributed by atoms with Crippen molar-refractivity contribution in [2.75, 3.05) is 18.5 Å². The van der Waals surface area contributed by atoms with Gasteiger partial charge in [0, 0.05) is 18.0 Å². The number of aromatic nitrogens is 2. The number of fused-ring (bicyclic) bond motifs is 1. The summed E-state index contributed by atoms with van der Waals surface area (Å²) < 4.78 is 7.44. The number of aliphatic hydroxyl groups is 1. The van der Waals surface area contributed by atoms with Gasteiger partial charge in [0.25, 0.3) is 5.91 Å². The van der Waals surface area contributed by atoms with Crippen LogP contribution in [0.25, 0.3) is 11.0 Å².